The Morgan fingerprint density at radius 3 is 2.15 bits per heavy atom. The van der Waals surface area contributed by atoms with E-state index in [2.05, 4.69) is 0 Å². The minimum atomic E-state index is -0.312. The number of rotatable bonds is 4. The zero-order chi connectivity index (χ0) is 14.7. The number of hydrogen-bond acceptors (Lipinski definition) is 1. The summed E-state index contributed by atoms with van der Waals surface area (Å²) in [4.78, 5) is 0. The van der Waals surface area contributed by atoms with Crippen LogP contribution in [0.25, 0.3) is 0 Å². The summed E-state index contributed by atoms with van der Waals surface area (Å²) in [6, 6.07) is 13.0. The van der Waals surface area contributed by atoms with Crippen molar-refractivity contribution in [3.05, 3.63) is 63.6 Å². The first-order valence-corrected chi connectivity index (χ1v) is 7.52. The molecule has 0 fully saturated rings. The molecule has 0 aliphatic heterocycles. The molecule has 1 nitrogen and oxygen atoms in total. The molecule has 0 saturated carbocycles. The normalized spacial score (nSPS) is 12.5. The molecule has 20 heavy (non-hydrogen) atoms. The van der Waals surface area contributed by atoms with Crippen LogP contribution in [0, 0.1) is 0 Å². The molecule has 0 aliphatic rings. The lowest BCUT2D eigenvalue weighted by molar-refractivity contribution is 0.242. The Morgan fingerprint density at radius 1 is 0.950 bits per heavy atom. The zero-order valence-electron chi connectivity index (χ0n) is 11.2. The van der Waals surface area contributed by atoms with Crippen LogP contribution in [0.2, 0.25) is 10.0 Å². The van der Waals surface area contributed by atoms with Crippen LogP contribution < -0.4 is 4.74 Å². The lowest BCUT2D eigenvalue weighted by Crippen LogP contribution is -2.05. The van der Waals surface area contributed by atoms with Gasteiger partial charge in [0.15, 0.2) is 0 Å². The number of ether oxygens (including phenoxy) is 1. The number of hydrogen-bond donors (Lipinski definition) is 0. The largest absolute Gasteiger partial charge is 0.491 e. The molecule has 0 spiro atoms. The molecule has 4 heteroatoms. The van der Waals surface area contributed by atoms with E-state index in [4.69, 9.17) is 39.5 Å². The van der Waals surface area contributed by atoms with E-state index in [1.807, 2.05) is 44.2 Å². The van der Waals surface area contributed by atoms with Crippen molar-refractivity contribution in [2.75, 3.05) is 0 Å². The van der Waals surface area contributed by atoms with Gasteiger partial charge in [-0.1, -0.05) is 41.4 Å². The van der Waals surface area contributed by atoms with Gasteiger partial charge in [0.25, 0.3) is 0 Å². The van der Waals surface area contributed by atoms with Gasteiger partial charge in [-0.05, 0) is 49.2 Å². The molecule has 2 rings (SSSR count). The van der Waals surface area contributed by atoms with E-state index in [0.717, 1.165) is 16.9 Å². The van der Waals surface area contributed by atoms with Gasteiger partial charge in [0.2, 0.25) is 0 Å². The lowest BCUT2D eigenvalue weighted by atomic mass is 10.0. The van der Waals surface area contributed by atoms with E-state index in [1.54, 1.807) is 12.1 Å². The summed E-state index contributed by atoms with van der Waals surface area (Å²) in [6.07, 6.45) is 0.151. The summed E-state index contributed by atoms with van der Waals surface area (Å²) in [5.74, 6) is 0.829. The third-order valence-electron chi connectivity index (χ3n) is 2.78. The minimum absolute atomic E-state index is 0.151. The van der Waals surface area contributed by atoms with Gasteiger partial charge < -0.3 is 4.74 Å². The van der Waals surface area contributed by atoms with Crippen molar-refractivity contribution >= 4 is 34.8 Å². The number of benzene rings is 2. The molecule has 0 aromatic heterocycles. The molecule has 0 aliphatic carbocycles. The second-order valence-electron chi connectivity index (χ2n) is 4.76. The molecule has 0 saturated heterocycles. The van der Waals surface area contributed by atoms with Crippen molar-refractivity contribution in [1.29, 1.82) is 0 Å². The second kappa shape index (κ2) is 6.71. The third-order valence-corrected chi connectivity index (χ3v) is 3.83. The highest BCUT2D eigenvalue weighted by Gasteiger charge is 2.14. The van der Waals surface area contributed by atoms with E-state index in [1.165, 1.54) is 0 Å². The Labute approximate surface area is 134 Å². The van der Waals surface area contributed by atoms with Gasteiger partial charge in [-0.2, -0.15) is 0 Å². The monoisotopic (exact) mass is 328 g/mol. The molecule has 0 bridgehead atoms. The van der Waals surface area contributed by atoms with Crippen LogP contribution in [-0.4, -0.2) is 6.10 Å². The van der Waals surface area contributed by atoms with Crippen LogP contribution in [0.5, 0.6) is 5.75 Å². The molecule has 0 heterocycles. The van der Waals surface area contributed by atoms with Crippen LogP contribution in [0.1, 0.15) is 30.4 Å². The zero-order valence-corrected chi connectivity index (χ0v) is 13.5. The molecule has 2 aromatic rings. The van der Waals surface area contributed by atoms with Gasteiger partial charge in [-0.15, -0.1) is 11.6 Å². The Morgan fingerprint density at radius 2 is 1.60 bits per heavy atom. The van der Waals surface area contributed by atoms with Crippen molar-refractivity contribution in [2.24, 2.45) is 0 Å². The fourth-order valence-corrected chi connectivity index (χ4v) is 2.78. The Hall–Kier alpha value is -0.890. The van der Waals surface area contributed by atoms with Crippen LogP contribution in [0.3, 0.4) is 0 Å². The maximum absolute atomic E-state index is 6.48. The Bertz CT molecular complexity index is 579. The SMILES string of the molecule is CC(C)Oc1ccc(C(Cl)c2ccc(Cl)cc2Cl)cc1. The van der Waals surface area contributed by atoms with E-state index >= 15 is 0 Å². The van der Waals surface area contributed by atoms with E-state index in [0.29, 0.717) is 10.0 Å². The topological polar surface area (TPSA) is 9.23 Å². The van der Waals surface area contributed by atoms with Crippen molar-refractivity contribution in [3.63, 3.8) is 0 Å². The van der Waals surface area contributed by atoms with Gasteiger partial charge in [0.05, 0.1) is 11.5 Å². The molecular weight excluding hydrogens is 315 g/mol. The van der Waals surface area contributed by atoms with Gasteiger partial charge in [-0.25, -0.2) is 0 Å². The Balaban J connectivity index is 2.22. The quantitative estimate of drug-likeness (QED) is 0.615. The first kappa shape index (κ1) is 15.5. The fourth-order valence-electron chi connectivity index (χ4n) is 1.87. The fraction of sp³-hybridized carbons (Fsp3) is 0.250. The van der Waals surface area contributed by atoms with Gasteiger partial charge in [0, 0.05) is 10.0 Å². The maximum Gasteiger partial charge on any atom is 0.119 e. The van der Waals surface area contributed by atoms with Gasteiger partial charge >= 0.3 is 0 Å². The molecular formula is C16H15Cl3O. The Kier molecular flexibility index (Phi) is 5.20. The summed E-state index contributed by atoms with van der Waals surface area (Å²) in [6.45, 7) is 3.98. The standard InChI is InChI=1S/C16H15Cl3O/c1-10(2)20-13-6-3-11(4-7-13)16(19)14-8-5-12(17)9-15(14)18/h3-10,16H,1-2H3. The van der Waals surface area contributed by atoms with E-state index in [9.17, 15) is 0 Å². The first-order chi connectivity index (χ1) is 9.47. The van der Waals surface area contributed by atoms with Gasteiger partial charge in [-0.3, -0.25) is 0 Å². The van der Waals surface area contributed by atoms with E-state index in [-0.39, 0.29) is 11.5 Å². The third kappa shape index (κ3) is 3.82. The van der Waals surface area contributed by atoms with Crippen LogP contribution in [0.4, 0.5) is 0 Å². The molecule has 2 aromatic carbocycles. The number of halogens is 3. The highest BCUT2D eigenvalue weighted by molar-refractivity contribution is 6.36. The highest BCUT2D eigenvalue weighted by atomic mass is 35.5. The highest BCUT2D eigenvalue weighted by Crippen LogP contribution is 2.35. The predicted octanol–water partition coefficient (Wildman–Crippen LogP) is 6.11. The summed E-state index contributed by atoms with van der Waals surface area (Å²) in [5.41, 5.74) is 1.81. The molecule has 0 radical (unpaired) electrons. The summed E-state index contributed by atoms with van der Waals surface area (Å²) in [7, 11) is 0. The summed E-state index contributed by atoms with van der Waals surface area (Å²) in [5, 5.41) is 0.858. The lowest BCUT2D eigenvalue weighted by Gasteiger charge is -2.14. The van der Waals surface area contributed by atoms with Crippen molar-refractivity contribution in [1.82, 2.24) is 0 Å². The first-order valence-electron chi connectivity index (χ1n) is 6.33. The van der Waals surface area contributed by atoms with Crippen molar-refractivity contribution in [3.8, 4) is 5.75 Å². The maximum atomic E-state index is 6.48. The second-order valence-corrected chi connectivity index (χ2v) is 6.04. The summed E-state index contributed by atoms with van der Waals surface area (Å²) < 4.78 is 5.61. The average molecular weight is 330 g/mol. The smallest absolute Gasteiger partial charge is 0.119 e. The minimum Gasteiger partial charge on any atom is -0.491 e. The van der Waals surface area contributed by atoms with Crippen molar-refractivity contribution in [2.45, 2.75) is 25.3 Å². The molecule has 0 amide bonds. The average Bonchev–Trinajstić information content (AvgIpc) is 2.38. The van der Waals surface area contributed by atoms with E-state index < -0.39 is 0 Å². The van der Waals surface area contributed by atoms with Gasteiger partial charge in [0.1, 0.15) is 5.75 Å². The summed E-state index contributed by atoms with van der Waals surface area (Å²) >= 11 is 18.6. The predicted molar refractivity (Wildman–Crippen MR) is 86.4 cm³/mol. The molecule has 106 valence electrons. The van der Waals surface area contributed by atoms with Crippen LogP contribution in [0.15, 0.2) is 42.5 Å². The van der Waals surface area contributed by atoms with Crippen LogP contribution >= 0.6 is 34.8 Å². The molecule has 1 unspecified atom stereocenters. The number of alkyl halides is 1. The van der Waals surface area contributed by atoms with Crippen molar-refractivity contribution < 1.29 is 4.74 Å². The molecule has 1 atom stereocenters. The molecule has 0 N–H and O–H groups in total. The van der Waals surface area contributed by atoms with Crippen LogP contribution in [-0.2, 0) is 0 Å².